The molecule has 2 aromatic rings. The van der Waals surface area contributed by atoms with Crippen molar-refractivity contribution < 1.29 is 5.11 Å². The van der Waals surface area contributed by atoms with Gasteiger partial charge in [-0.05, 0) is 42.4 Å². The lowest BCUT2D eigenvalue weighted by molar-refractivity contribution is 0.200. The van der Waals surface area contributed by atoms with Gasteiger partial charge in [0.1, 0.15) is 5.84 Å². The van der Waals surface area contributed by atoms with Crippen LogP contribution >= 0.6 is 0 Å². The molecule has 0 fully saturated rings. The van der Waals surface area contributed by atoms with Gasteiger partial charge in [-0.3, -0.25) is 4.99 Å². The minimum atomic E-state index is -0.519. The van der Waals surface area contributed by atoms with Crippen molar-refractivity contribution in [3.63, 3.8) is 0 Å². The van der Waals surface area contributed by atoms with Crippen molar-refractivity contribution in [2.24, 2.45) is 15.9 Å². The molecule has 27 heavy (non-hydrogen) atoms. The molecule has 2 atom stereocenters. The Labute approximate surface area is 160 Å². The first-order valence-corrected chi connectivity index (χ1v) is 9.61. The number of rotatable bonds is 4. The van der Waals surface area contributed by atoms with E-state index in [1.807, 2.05) is 12.1 Å². The molecule has 0 saturated heterocycles. The van der Waals surface area contributed by atoms with Crippen LogP contribution in [0.1, 0.15) is 47.9 Å². The molecule has 0 radical (unpaired) electrons. The lowest BCUT2D eigenvalue weighted by atomic mass is 9.94. The number of nitrogens with zero attached hydrogens (tertiary/aromatic N) is 2. The highest BCUT2D eigenvalue weighted by Gasteiger charge is 2.16. The van der Waals surface area contributed by atoms with Crippen LogP contribution in [0.3, 0.4) is 0 Å². The number of hydrogen-bond donors (Lipinski definition) is 3. The van der Waals surface area contributed by atoms with E-state index < -0.39 is 6.10 Å². The maximum absolute atomic E-state index is 9.97. The van der Waals surface area contributed by atoms with E-state index in [0.717, 1.165) is 35.5 Å². The quantitative estimate of drug-likeness (QED) is 0.771. The van der Waals surface area contributed by atoms with Gasteiger partial charge in [-0.15, -0.1) is 0 Å². The van der Waals surface area contributed by atoms with Crippen LogP contribution < -0.4 is 5.32 Å². The summed E-state index contributed by atoms with van der Waals surface area (Å²) in [6.07, 6.45) is 10.5. The molecule has 4 rings (SSSR count). The summed E-state index contributed by atoms with van der Waals surface area (Å²) in [5, 5.41) is 13.2. The summed E-state index contributed by atoms with van der Waals surface area (Å²) in [4.78, 5) is 12.6. The summed E-state index contributed by atoms with van der Waals surface area (Å²) in [5.74, 6) is 1.42. The second kappa shape index (κ2) is 7.53. The molecule has 1 aromatic heterocycles. The van der Waals surface area contributed by atoms with Crippen molar-refractivity contribution in [1.29, 1.82) is 0 Å². The molecule has 0 bridgehead atoms. The monoisotopic (exact) mass is 362 g/mol. The Hall–Kier alpha value is -2.66. The number of aliphatic imine (C=N–C) groups is 2. The third-order valence-corrected chi connectivity index (χ3v) is 5.29. The highest BCUT2D eigenvalue weighted by Crippen LogP contribution is 2.28. The molecular weight excluding hydrogens is 336 g/mol. The Morgan fingerprint density at radius 2 is 2.26 bits per heavy atom. The molecule has 0 amide bonds. The zero-order valence-corrected chi connectivity index (χ0v) is 15.9. The van der Waals surface area contributed by atoms with Gasteiger partial charge in [0.15, 0.2) is 0 Å². The Kier molecular flexibility index (Phi) is 4.94. The van der Waals surface area contributed by atoms with Crippen LogP contribution in [-0.4, -0.2) is 28.8 Å². The summed E-state index contributed by atoms with van der Waals surface area (Å²) in [6, 6.07) is 5.98. The normalized spacial score (nSPS) is 20.7. The highest BCUT2D eigenvalue weighted by molar-refractivity contribution is 5.98. The lowest BCUT2D eigenvalue weighted by Gasteiger charge is -2.14. The van der Waals surface area contributed by atoms with E-state index in [1.54, 1.807) is 13.3 Å². The van der Waals surface area contributed by atoms with E-state index in [2.05, 4.69) is 46.6 Å². The average molecular weight is 362 g/mol. The van der Waals surface area contributed by atoms with Gasteiger partial charge in [0, 0.05) is 36.1 Å². The molecule has 1 aliphatic carbocycles. The van der Waals surface area contributed by atoms with Crippen molar-refractivity contribution in [3.05, 3.63) is 58.4 Å². The third kappa shape index (κ3) is 3.74. The van der Waals surface area contributed by atoms with Crippen LogP contribution in [0.25, 0.3) is 6.08 Å². The molecule has 1 aromatic carbocycles. The van der Waals surface area contributed by atoms with Crippen molar-refractivity contribution in [2.45, 2.75) is 39.2 Å². The molecule has 0 spiro atoms. The van der Waals surface area contributed by atoms with Crippen LogP contribution in [-0.2, 0) is 19.3 Å². The molecule has 5 heteroatoms. The maximum Gasteiger partial charge on any atom is 0.129 e. The lowest BCUT2D eigenvalue weighted by Crippen LogP contribution is -2.05. The number of aromatic nitrogens is 1. The zero-order chi connectivity index (χ0) is 18.8. The number of aliphatic hydroxyl groups excluding tert-OH is 1. The number of benzene rings is 1. The summed E-state index contributed by atoms with van der Waals surface area (Å²) in [5.41, 5.74) is 6.95. The Morgan fingerprint density at radius 3 is 3.11 bits per heavy atom. The van der Waals surface area contributed by atoms with Gasteiger partial charge < -0.3 is 15.4 Å². The first-order valence-electron chi connectivity index (χ1n) is 9.61. The van der Waals surface area contributed by atoms with E-state index >= 15 is 0 Å². The van der Waals surface area contributed by atoms with E-state index in [9.17, 15) is 5.11 Å². The summed E-state index contributed by atoms with van der Waals surface area (Å²) in [6.45, 7) is 4.73. The number of allylic oxidation sites excluding steroid dienone is 1. The second-order valence-corrected chi connectivity index (χ2v) is 7.43. The summed E-state index contributed by atoms with van der Waals surface area (Å²) in [7, 11) is 0. The first kappa shape index (κ1) is 17.7. The van der Waals surface area contributed by atoms with Gasteiger partial charge in [-0.25, -0.2) is 4.99 Å². The number of nitrogens with one attached hydrogen (secondary N) is 2. The van der Waals surface area contributed by atoms with Gasteiger partial charge >= 0.3 is 0 Å². The van der Waals surface area contributed by atoms with E-state index in [1.165, 1.54) is 16.8 Å². The van der Waals surface area contributed by atoms with Crippen LogP contribution in [0.5, 0.6) is 0 Å². The number of amidine groups is 1. The van der Waals surface area contributed by atoms with Crippen LogP contribution in [0.15, 0.2) is 40.5 Å². The van der Waals surface area contributed by atoms with Crippen LogP contribution in [0.2, 0.25) is 0 Å². The third-order valence-electron chi connectivity index (χ3n) is 5.29. The smallest absolute Gasteiger partial charge is 0.129 e. The van der Waals surface area contributed by atoms with E-state index in [-0.39, 0.29) is 0 Å². The van der Waals surface area contributed by atoms with Crippen LogP contribution in [0, 0.1) is 5.92 Å². The summed E-state index contributed by atoms with van der Waals surface area (Å²) < 4.78 is 0. The number of para-hydroxylation sites is 1. The fraction of sp³-hybridized carbons (Fsp3) is 0.364. The zero-order valence-electron chi connectivity index (χ0n) is 15.9. The maximum atomic E-state index is 9.97. The van der Waals surface area contributed by atoms with Gasteiger partial charge in [0.05, 0.1) is 12.4 Å². The van der Waals surface area contributed by atoms with Crippen molar-refractivity contribution >= 4 is 23.9 Å². The molecule has 140 valence electrons. The van der Waals surface area contributed by atoms with E-state index in [0.29, 0.717) is 18.9 Å². The molecule has 2 aliphatic rings. The Morgan fingerprint density at radius 1 is 1.37 bits per heavy atom. The van der Waals surface area contributed by atoms with Crippen molar-refractivity contribution in [2.75, 3.05) is 11.9 Å². The predicted octanol–water partition coefficient (Wildman–Crippen LogP) is 3.91. The van der Waals surface area contributed by atoms with Gasteiger partial charge in [-0.1, -0.05) is 37.3 Å². The summed E-state index contributed by atoms with van der Waals surface area (Å²) >= 11 is 0. The number of hydrogen-bond acceptors (Lipinski definition) is 3. The second-order valence-electron chi connectivity index (χ2n) is 7.43. The highest BCUT2D eigenvalue weighted by atomic mass is 16.3. The number of anilines is 1. The number of aliphatic hydroxyl groups is 1. The fourth-order valence-electron chi connectivity index (χ4n) is 3.84. The Balaban J connectivity index is 1.47. The topological polar surface area (TPSA) is 72.8 Å². The van der Waals surface area contributed by atoms with Gasteiger partial charge in [0.25, 0.3) is 0 Å². The molecule has 2 unspecified atom stereocenters. The molecule has 2 heterocycles. The molecular formula is C22H26N4O. The molecule has 0 saturated carbocycles. The molecule has 5 nitrogen and oxygen atoms in total. The predicted molar refractivity (Wildman–Crippen MR) is 112 cm³/mol. The average Bonchev–Trinajstić information content (AvgIpc) is 2.91. The molecule has 1 aliphatic heterocycles. The minimum absolute atomic E-state index is 0.519. The van der Waals surface area contributed by atoms with E-state index in [4.69, 9.17) is 4.99 Å². The van der Waals surface area contributed by atoms with Crippen molar-refractivity contribution in [1.82, 2.24) is 4.98 Å². The van der Waals surface area contributed by atoms with Crippen LogP contribution in [0.4, 0.5) is 5.69 Å². The minimum Gasteiger partial charge on any atom is -0.389 e. The fourth-order valence-corrected chi connectivity index (χ4v) is 3.84. The molecule has 3 N–H and O–H groups in total. The standard InChI is InChI=1S/C22H26N4O/c1-14-6-7-19-17(12-24-20(19)10-14)8-9-23-21-11-16-4-3-5-18(15(2)27)22(16)26-13-25-21/h3-7,12-15,24,27H,8-11H2,1-2H3,(H,23,25,26). The number of aromatic amines is 1. The number of fused-ring (bicyclic) bond motifs is 2. The van der Waals surface area contributed by atoms with Gasteiger partial charge in [-0.2, -0.15) is 0 Å². The Bertz CT molecular complexity index is 920. The first-order chi connectivity index (χ1) is 13.1. The van der Waals surface area contributed by atoms with Crippen molar-refractivity contribution in [3.8, 4) is 0 Å². The SMILES string of the molecule is CC1C=Cc2c(CCN=C3Cc4cccc(C(C)O)c4NC=N3)c[nH]c2C1. The van der Waals surface area contributed by atoms with Gasteiger partial charge in [0.2, 0.25) is 0 Å². The number of H-pyrrole nitrogens is 1. The largest absolute Gasteiger partial charge is 0.389 e.